The van der Waals surface area contributed by atoms with Crippen molar-refractivity contribution in [3.05, 3.63) is 34.1 Å². The van der Waals surface area contributed by atoms with Crippen molar-refractivity contribution >= 4 is 46.8 Å². The van der Waals surface area contributed by atoms with E-state index in [1.165, 1.54) is 12.1 Å². The molecule has 0 unspecified atom stereocenters. The van der Waals surface area contributed by atoms with Gasteiger partial charge in [0, 0.05) is 4.47 Å². The predicted molar refractivity (Wildman–Crippen MR) is 107 cm³/mol. The number of carbonyl (C=O) groups is 4. The van der Waals surface area contributed by atoms with E-state index in [1.54, 1.807) is 0 Å². The number of carboxylic acids is 1. The first-order valence-corrected chi connectivity index (χ1v) is 9.96. The number of amides is 2. The van der Waals surface area contributed by atoms with Gasteiger partial charge in [-0.25, -0.2) is 4.39 Å². The van der Waals surface area contributed by atoms with Crippen LogP contribution in [0.1, 0.15) is 37.0 Å². The Labute approximate surface area is 180 Å². The van der Waals surface area contributed by atoms with Crippen LogP contribution >= 0.6 is 15.9 Å². The highest BCUT2D eigenvalue weighted by molar-refractivity contribution is 9.10. The van der Waals surface area contributed by atoms with Crippen LogP contribution in [0.5, 0.6) is 0 Å². The fourth-order valence-corrected chi connectivity index (χ4v) is 3.26. The number of benzene rings is 1. The zero-order valence-electron chi connectivity index (χ0n) is 16.3. The fourth-order valence-electron chi connectivity index (χ4n) is 2.83. The molecule has 0 aliphatic carbocycles. The van der Waals surface area contributed by atoms with Gasteiger partial charge in [0.15, 0.2) is 6.10 Å². The van der Waals surface area contributed by atoms with Crippen LogP contribution in [-0.4, -0.2) is 54.6 Å². The minimum Gasteiger partial charge on any atom is -0.506 e. The molecule has 0 aromatic heterocycles. The van der Waals surface area contributed by atoms with Gasteiger partial charge in [-0.2, -0.15) is 0 Å². The van der Waals surface area contributed by atoms with Crippen molar-refractivity contribution in [2.75, 3.05) is 6.54 Å². The molecule has 1 aromatic rings. The summed E-state index contributed by atoms with van der Waals surface area (Å²) in [5.41, 5.74) is 0.0334. The average Bonchev–Trinajstić information content (AvgIpc) is 3.00. The summed E-state index contributed by atoms with van der Waals surface area (Å²) in [5.74, 6) is -4.50. The quantitative estimate of drug-likeness (QED) is 0.448. The van der Waals surface area contributed by atoms with Gasteiger partial charge in [0.1, 0.15) is 5.82 Å². The van der Waals surface area contributed by atoms with Crippen molar-refractivity contribution in [2.24, 2.45) is 5.92 Å². The Balaban J connectivity index is 1.97. The molecule has 1 aromatic carbocycles. The molecule has 1 saturated heterocycles. The molecule has 1 fully saturated rings. The second-order valence-electron chi connectivity index (χ2n) is 7.14. The number of carbonyl (C=O) groups excluding carboxylic acids is 3. The maximum Gasteiger partial charge on any atom is 0.552 e. The van der Waals surface area contributed by atoms with E-state index in [0.717, 1.165) is 6.07 Å². The molecule has 30 heavy (non-hydrogen) atoms. The van der Waals surface area contributed by atoms with Gasteiger partial charge in [0.2, 0.25) is 5.91 Å². The highest BCUT2D eigenvalue weighted by Crippen LogP contribution is 2.20. The van der Waals surface area contributed by atoms with Crippen LogP contribution in [-0.2, 0) is 23.7 Å². The van der Waals surface area contributed by atoms with Crippen molar-refractivity contribution in [3.63, 3.8) is 0 Å². The third-order valence-electron chi connectivity index (χ3n) is 4.14. The van der Waals surface area contributed by atoms with E-state index in [2.05, 4.69) is 26.6 Å². The summed E-state index contributed by atoms with van der Waals surface area (Å²) in [6.07, 6.45) is -1.41. The van der Waals surface area contributed by atoms with Crippen LogP contribution in [0.2, 0.25) is 0 Å². The van der Waals surface area contributed by atoms with E-state index in [1.807, 2.05) is 13.8 Å². The highest BCUT2D eigenvalue weighted by Gasteiger charge is 2.46. The predicted octanol–water partition coefficient (Wildman–Crippen LogP) is 1.29. The van der Waals surface area contributed by atoms with E-state index < -0.39 is 61.7 Å². The molecule has 2 amide bonds. The van der Waals surface area contributed by atoms with E-state index in [-0.39, 0.29) is 11.5 Å². The molecule has 1 heterocycles. The Bertz CT molecular complexity index is 839. The molecule has 0 bridgehead atoms. The first-order chi connectivity index (χ1) is 14.1. The number of hydrogen-bond donors (Lipinski definition) is 3. The van der Waals surface area contributed by atoms with Crippen molar-refractivity contribution < 1.29 is 38.0 Å². The van der Waals surface area contributed by atoms with Crippen molar-refractivity contribution in [3.8, 4) is 0 Å². The van der Waals surface area contributed by atoms with Gasteiger partial charge in [-0.3, -0.25) is 19.2 Å². The Hall–Kier alpha value is -2.47. The Morgan fingerprint density at radius 2 is 2.03 bits per heavy atom. The maximum absolute atomic E-state index is 13.3. The van der Waals surface area contributed by atoms with E-state index in [4.69, 9.17) is 14.4 Å². The van der Waals surface area contributed by atoms with Gasteiger partial charge in [-0.05, 0) is 46.5 Å². The molecule has 0 spiro atoms. The summed E-state index contributed by atoms with van der Waals surface area (Å²) in [5, 5.41) is 13.8. The van der Waals surface area contributed by atoms with E-state index in [0.29, 0.717) is 10.9 Å². The second kappa shape index (κ2) is 10.5. The summed E-state index contributed by atoms with van der Waals surface area (Å²) in [4.78, 5) is 47.1. The molecule has 2 rings (SSSR count). The molecule has 3 N–H and O–H groups in total. The summed E-state index contributed by atoms with van der Waals surface area (Å²) in [6, 6.07) is 3.60. The van der Waals surface area contributed by atoms with E-state index in [9.17, 15) is 23.6 Å². The Morgan fingerprint density at radius 1 is 1.33 bits per heavy atom. The fraction of sp³-hybridized carbons (Fsp3) is 0.444. The minimum absolute atomic E-state index is 0.0334. The normalized spacial score (nSPS) is 16.9. The summed E-state index contributed by atoms with van der Waals surface area (Å²) >= 11 is 3.14. The smallest absolute Gasteiger partial charge is 0.506 e. The Morgan fingerprint density at radius 3 is 2.67 bits per heavy atom. The zero-order valence-corrected chi connectivity index (χ0v) is 17.9. The van der Waals surface area contributed by atoms with Gasteiger partial charge in [0.25, 0.3) is 5.91 Å². The molecule has 1 aliphatic rings. The molecule has 0 saturated carbocycles. The molecule has 0 radical (unpaired) electrons. The number of aliphatic carboxylic acids is 1. The van der Waals surface area contributed by atoms with Crippen molar-refractivity contribution in [2.45, 2.75) is 38.7 Å². The van der Waals surface area contributed by atoms with Crippen LogP contribution < -0.4 is 10.6 Å². The molecular weight excluding hydrogens is 466 g/mol. The van der Waals surface area contributed by atoms with Crippen LogP contribution in [0, 0.1) is 11.7 Å². The molecule has 9 nitrogen and oxygen atoms in total. The lowest BCUT2D eigenvalue weighted by Gasteiger charge is -2.21. The molecule has 12 heteroatoms. The standard InChI is InChI=1S/C18H21BBrFN2O7/c1-9(2)5-14(19-29-13(7-16(25)26)18(28)30-19)23-15(24)8-22-17(27)11-6-10(21)3-4-12(11)20/h3-4,6,9,13-14H,5,7-8H2,1-2H3,(H,22,27)(H,23,24)(H,25,26)/t13-,14+/m1/s1. The number of hydrogen-bond acceptors (Lipinski definition) is 6. The van der Waals surface area contributed by atoms with Crippen LogP contribution in [0.3, 0.4) is 0 Å². The number of rotatable bonds is 9. The largest absolute Gasteiger partial charge is 0.552 e. The Kier molecular flexibility index (Phi) is 8.36. The summed E-state index contributed by atoms with van der Waals surface area (Å²) < 4.78 is 24.2. The maximum atomic E-state index is 13.3. The number of nitrogens with one attached hydrogen (secondary N) is 2. The third-order valence-corrected chi connectivity index (χ3v) is 4.83. The average molecular weight is 487 g/mol. The van der Waals surface area contributed by atoms with Gasteiger partial charge in [-0.1, -0.05) is 13.8 Å². The van der Waals surface area contributed by atoms with E-state index >= 15 is 0 Å². The zero-order chi connectivity index (χ0) is 22.4. The summed E-state index contributed by atoms with van der Waals surface area (Å²) in [6.45, 7) is 3.36. The van der Waals surface area contributed by atoms with Crippen LogP contribution in [0.25, 0.3) is 0 Å². The van der Waals surface area contributed by atoms with Gasteiger partial charge in [0.05, 0.1) is 24.5 Å². The lowest BCUT2D eigenvalue weighted by atomic mass is 9.74. The number of halogens is 2. The van der Waals surface area contributed by atoms with Crippen LogP contribution in [0.4, 0.5) is 4.39 Å². The van der Waals surface area contributed by atoms with Crippen LogP contribution in [0.15, 0.2) is 22.7 Å². The summed E-state index contributed by atoms with van der Waals surface area (Å²) in [7, 11) is -1.14. The first-order valence-electron chi connectivity index (χ1n) is 9.17. The molecular formula is C18H21BBrFN2O7. The monoisotopic (exact) mass is 486 g/mol. The SMILES string of the molecule is CC(C)C[C@H](NC(=O)CNC(=O)c1cc(F)ccc1Br)B1OC(=O)[C@@H](CC(=O)O)O1. The first kappa shape index (κ1) is 23.8. The van der Waals surface area contributed by atoms with Gasteiger partial charge in [-0.15, -0.1) is 0 Å². The highest BCUT2D eigenvalue weighted by atomic mass is 79.9. The molecule has 2 atom stereocenters. The minimum atomic E-state index is -1.25. The number of carboxylic acid groups (broad SMARTS) is 1. The lowest BCUT2D eigenvalue weighted by molar-refractivity contribution is -0.145. The van der Waals surface area contributed by atoms with Gasteiger partial charge < -0.3 is 25.0 Å². The molecule has 1 aliphatic heterocycles. The third kappa shape index (κ3) is 6.80. The van der Waals surface area contributed by atoms with Crippen molar-refractivity contribution in [1.29, 1.82) is 0 Å². The van der Waals surface area contributed by atoms with Crippen molar-refractivity contribution in [1.82, 2.24) is 10.6 Å². The molecule has 162 valence electrons. The topological polar surface area (TPSA) is 131 Å². The van der Waals surface area contributed by atoms with Gasteiger partial charge >= 0.3 is 19.1 Å². The lowest BCUT2D eigenvalue weighted by Crippen LogP contribution is -2.50. The second-order valence-corrected chi connectivity index (χ2v) is 7.99.